The van der Waals surface area contributed by atoms with E-state index in [1.54, 1.807) is 0 Å². The van der Waals surface area contributed by atoms with Crippen LogP contribution in [0.4, 0.5) is 0 Å². The molecule has 1 N–H and O–H groups in total. The first-order chi connectivity index (χ1) is 9.42. The van der Waals surface area contributed by atoms with E-state index in [1.807, 2.05) is 11.3 Å². The second-order valence-corrected chi connectivity index (χ2v) is 8.30. The lowest BCUT2D eigenvalue weighted by molar-refractivity contribution is 0.137. The predicted octanol–water partition coefficient (Wildman–Crippen LogP) is 4.84. The molecule has 1 fully saturated rings. The van der Waals surface area contributed by atoms with Crippen molar-refractivity contribution in [2.75, 3.05) is 0 Å². The van der Waals surface area contributed by atoms with Crippen molar-refractivity contribution in [1.29, 1.82) is 0 Å². The zero-order valence-electron chi connectivity index (χ0n) is 13.8. The molecule has 0 bridgehead atoms. The highest BCUT2D eigenvalue weighted by molar-refractivity contribution is 7.11. The van der Waals surface area contributed by atoms with E-state index in [1.165, 1.54) is 47.7 Å². The number of nitrogens with one attached hydrogen (secondary N) is 1. The van der Waals surface area contributed by atoms with Gasteiger partial charge in [0, 0.05) is 17.5 Å². The van der Waals surface area contributed by atoms with Gasteiger partial charge in [-0.05, 0) is 50.9 Å². The van der Waals surface area contributed by atoms with Gasteiger partial charge in [0.2, 0.25) is 0 Å². The van der Waals surface area contributed by atoms with Crippen molar-refractivity contribution in [3.8, 4) is 0 Å². The number of aromatic nitrogens is 1. The first kappa shape index (κ1) is 16.0. The highest BCUT2D eigenvalue weighted by Gasteiger charge is 2.31. The fraction of sp³-hybridized carbons (Fsp3) is 0.824. The van der Waals surface area contributed by atoms with E-state index < -0.39 is 0 Å². The number of hydrogen-bond acceptors (Lipinski definition) is 3. The lowest BCUT2D eigenvalue weighted by Crippen LogP contribution is -2.36. The Kier molecular flexibility index (Phi) is 5.25. The number of aryl methyl sites for hydroxylation is 2. The van der Waals surface area contributed by atoms with Gasteiger partial charge in [-0.3, -0.25) is 0 Å². The summed E-state index contributed by atoms with van der Waals surface area (Å²) in [5.74, 6) is 0.915. The van der Waals surface area contributed by atoms with Gasteiger partial charge >= 0.3 is 0 Å². The highest BCUT2D eigenvalue weighted by Crippen LogP contribution is 2.40. The Labute approximate surface area is 128 Å². The molecule has 20 heavy (non-hydrogen) atoms. The normalized spacial score (nSPS) is 24.1. The van der Waals surface area contributed by atoms with E-state index in [2.05, 4.69) is 44.9 Å². The lowest BCUT2D eigenvalue weighted by atomic mass is 9.69. The Balaban J connectivity index is 1.79. The second-order valence-electron chi connectivity index (χ2n) is 7.01. The van der Waals surface area contributed by atoms with Gasteiger partial charge in [0.1, 0.15) is 0 Å². The number of nitrogens with zero attached hydrogens (tertiary/aromatic N) is 1. The summed E-state index contributed by atoms with van der Waals surface area (Å²) >= 11 is 1.84. The zero-order valence-corrected chi connectivity index (χ0v) is 14.6. The van der Waals surface area contributed by atoms with Crippen molar-refractivity contribution < 1.29 is 0 Å². The van der Waals surface area contributed by atoms with Gasteiger partial charge in [0.15, 0.2) is 0 Å². The van der Waals surface area contributed by atoms with Crippen LogP contribution in [0, 0.1) is 25.2 Å². The van der Waals surface area contributed by atoms with E-state index >= 15 is 0 Å². The third kappa shape index (κ3) is 3.82. The summed E-state index contributed by atoms with van der Waals surface area (Å²) in [4.78, 5) is 5.92. The Morgan fingerprint density at radius 1 is 1.20 bits per heavy atom. The van der Waals surface area contributed by atoms with Gasteiger partial charge in [-0.1, -0.05) is 27.2 Å². The fourth-order valence-corrected chi connectivity index (χ4v) is 4.23. The van der Waals surface area contributed by atoms with Crippen LogP contribution in [-0.2, 0) is 6.54 Å². The maximum atomic E-state index is 4.51. The standard InChI is InChI=1S/C17H30N2S/c1-6-17(4,5)14-7-9-15(10-8-14)18-11-16-12(2)19-13(3)20-16/h14-15,18H,6-11H2,1-5H3. The Morgan fingerprint density at radius 3 is 2.35 bits per heavy atom. The van der Waals surface area contributed by atoms with Gasteiger partial charge in [-0.25, -0.2) is 4.98 Å². The first-order valence-corrected chi connectivity index (χ1v) is 8.90. The molecule has 1 aromatic heterocycles. The van der Waals surface area contributed by atoms with Crippen LogP contribution in [0.15, 0.2) is 0 Å². The molecule has 114 valence electrons. The second kappa shape index (κ2) is 6.57. The maximum absolute atomic E-state index is 4.51. The average molecular weight is 295 g/mol. The summed E-state index contributed by atoms with van der Waals surface area (Å²) in [5.41, 5.74) is 1.73. The summed E-state index contributed by atoms with van der Waals surface area (Å²) < 4.78 is 0. The predicted molar refractivity (Wildman–Crippen MR) is 88.2 cm³/mol. The van der Waals surface area contributed by atoms with Crippen LogP contribution in [0.1, 0.15) is 68.5 Å². The van der Waals surface area contributed by atoms with Crippen LogP contribution in [0.3, 0.4) is 0 Å². The van der Waals surface area contributed by atoms with E-state index in [-0.39, 0.29) is 0 Å². The van der Waals surface area contributed by atoms with Crippen LogP contribution < -0.4 is 5.32 Å². The Morgan fingerprint density at radius 2 is 1.85 bits per heavy atom. The van der Waals surface area contributed by atoms with E-state index in [9.17, 15) is 0 Å². The smallest absolute Gasteiger partial charge is 0.0900 e. The van der Waals surface area contributed by atoms with Gasteiger partial charge in [-0.2, -0.15) is 0 Å². The molecule has 0 aliphatic heterocycles. The third-order valence-electron chi connectivity index (χ3n) is 5.29. The minimum atomic E-state index is 0.524. The first-order valence-electron chi connectivity index (χ1n) is 8.08. The van der Waals surface area contributed by atoms with Crippen molar-refractivity contribution in [3.05, 3.63) is 15.6 Å². The lowest BCUT2D eigenvalue weighted by Gasteiger charge is -2.39. The molecule has 0 amide bonds. The molecule has 0 saturated heterocycles. The minimum absolute atomic E-state index is 0.524. The molecule has 2 nitrogen and oxygen atoms in total. The highest BCUT2D eigenvalue weighted by atomic mass is 32.1. The summed E-state index contributed by atoms with van der Waals surface area (Å²) in [6.07, 6.45) is 6.75. The summed E-state index contributed by atoms with van der Waals surface area (Å²) in [5, 5.41) is 4.94. The molecule has 0 aromatic carbocycles. The zero-order chi connectivity index (χ0) is 14.8. The number of hydrogen-bond donors (Lipinski definition) is 1. The molecule has 1 aromatic rings. The average Bonchev–Trinajstić information content (AvgIpc) is 2.75. The SMILES string of the molecule is CCC(C)(C)C1CCC(NCc2sc(C)nc2C)CC1. The molecule has 1 aliphatic carbocycles. The maximum Gasteiger partial charge on any atom is 0.0900 e. The molecule has 3 heteroatoms. The van der Waals surface area contributed by atoms with Crippen LogP contribution in [0.25, 0.3) is 0 Å². The van der Waals surface area contributed by atoms with Crippen molar-refractivity contribution in [3.63, 3.8) is 0 Å². The van der Waals surface area contributed by atoms with Crippen LogP contribution in [-0.4, -0.2) is 11.0 Å². The topological polar surface area (TPSA) is 24.9 Å². The van der Waals surface area contributed by atoms with Gasteiger partial charge < -0.3 is 5.32 Å². The fourth-order valence-electron chi connectivity index (χ4n) is 3.34. The number of thiazole rings is 1. The molecule has 1 heterocycles. The molecule has 0 atom stereocenters. The largest absolute Gasteiger partial charge is 0.309 e. The molecule has 1 aliphatic rings. The van der Waals surface area contributed by atoms with Crippen LogP contribution in [0.5, 0.6) is 0 Å². The van der Waals surface area contributed by atoms with Crippen molar-refractivity contribution in [2.24, 2.45) is 11.3 Å². The summed E-state index contributed by atoms with van der Waals surface area (Å²) in [6.45, 7) is 12.4. The molecular formula is C17H30N2S. The third-order valence-corrected chi connectivity index (χ3v) is 6.37. The molecule has 2 rings (SSSR count). The Bertz CT molecular complexity index is 428. The van der Waals surface area contributed by atoms with Crippen molar-refractivity contribution in [2.45, 2.75) is 79.3 Å². The monoisotopic (exact) mass is 294 g/mol. The minimum Gasteiger partial charge on any atom is -0.309 e. The number of rotatable bonds is 5. The van der Waals surface area contributed by atoms with Crippen molar-refractivity contribution in [1.82, 2.24) is 10.3 Å². The van der Waals surface area contributed by atoms with Gasteiger partial charge in [0.25, 0.3) is 0 Å². The van der Waals surface area contributed by atoms with E-state index in [0.717, 1.165) is 12.5 Å². The van der Waals surface area contributed by atoms with E-state index in [4.69, 9.17) is 0 Å². The van der Waals surface area contributed by atoms with Gasteiger partial charge in [0.05, 0.1) is 10.7 Å². The summed E-state index contributed by atoms with van der Waals surface area (Å²) in [7, 11) is 0. The molecular weight excluding hydrogens is 264 g/mol. The summed E-state index contributed by atoms with van der Waals surface area (Å²) in [6, 6.07) is 0.709. The van der Waals surface area contributed by atoms with Crippen molar-refractivity contribution >= 4 is 11.3 Å². The van der Waals surface area contributed by atoms with Crippen LogP contribution in [0.2, 0.25) is 0 Å². The van der Waals surface area contributed by atoms with Crippen LogP contribution >= 0.6 is 11.3 Å². The molecule has 0 radical (unpaired) electrons. The molecule has 0 spiro atoms. The molecule has 1 saturated carbocycles. The quantitative estimate of drug-likeness (QED) is 0.840. The molecule has 0 unspecified atom stereocenters. The van der Waals surface area contributed by atoms with Gasteiger partial charge in [-0.15, -0.1) is 11.3 Å². The Hall–Kier alpha value is -0.410. The van der Waals surface area contributed by atoms with E-state index in [0.29, 0.717) is 11.5 Å².